The van der Waals surface area contributed by atoms with Crippen LogP contribution in [0.25, 0.3) is 0 Å². The second-order valence-electron chi connectivity index (χ2n) is 7.83. The van der Waals surface area contributed by atoms with Gasteiger partial charge < -0.3 is 14.5 Å². The zero-order valence-electron chi connectivity index (χ0n) is 17.6. The van der Waals surface area contributed by atoms with Crippen molar-refractivity contribution in [3.63, 3.8) is 0 Å². The van der Waals surface area contributed by atoms with E-state index in [0.29, 0.717) is 37.3 Å². The first kappa shape index (κ1) is 21.3. The van der Waals surface area contributed by atoms with Gasteiger partial charge in [0.2, 0.25) is 5.91 Å². The van der Waals surface area contributed by atoms with Crippen LogP contribution < -0.4 is 5.32 Å². The van der Waals surface area contributed by atoms with E-state index in [9.17, 15) is 14.4 Å². The molecule has 1 aromatic heterocycles. The first-order valence-electron chi connectivity index (χ1n) is 10.6. The van der Waals surface area contributed by atoms with Crippen molar-refractivity contribution >= 4 is 17.7 Å². The van der Waals surface area contributed by atoms with E-state index < -0.39 is 0 Å². The van der Waals surface area contributed by atoms with Crippen LogP contribution in [0, 0.1) is 6.92 Å². The molecule has 8 heteroatoms. The van der Waals surface area contributed by atoms with Crippen molar-refractivity contribution in [1.82, 2.24) is 15.1 Å². The molecule has 3 amide bonds. The van der Waals surface area contributed by atoms with Gasteiger partial charge in [-0.1, -0.05) is 12.1 Å². The number of furan rings is 1. The minimum Gasteiger partial charge on any atom is -0.465 e. The van der Waals surface area contributed by atoms with E-state index >= 15 is 0 Å². The zero-order chi connectivity index (χ0) is 21.8. The number of nitrogens with one attached hydrogen (secondary N) is 1. The van der Waals surface area contributed by atoms with Crippen LogP contribution in [-0.2, 0) is 9.53 Å². The maximum atomic E-state index is 12.4. The van der Waals surface area contributed by atoms with Crippen molar-refractivity contribution in [2.75, 3.05) is 39.4 Å². The summed E-state index contributed by atoms with van der Waals surface area (Å²) in [6.45, 7) is 5.43. The lowest BCUT2D eigenvalue weighted by atomic mass is 10.1. The van der Waals surface area contributed by atoms with Gasteiger partial charge in [0.25, 0.3) is 11.8 Å². The van der Waals surface area contributed by atoms with Gasteiger partial charge in [0, 0.05) is 32.6 Å². The molecule has 1 saturated heterocycles. The van der Waals surface area contributed by atoms with Gasteiger partial charge in [-0.2, -0.15) is 0 Å². The summed E-state index contributed by atoms with van der Waals surface area (Å²) in [6.07, 6.45) is 0.653. The molecule has 1 N–H and O–H groups in total. The number of morpholine rings is 1. The molecule has 0 bridgehead atoms. The van der Waals surface area contributed by atoms with Crippen LogP contribution in [0.1, 0.15) is 51.1 Å². The molecule has 31 heavy (non-hydrogen) atoms. The predicted octanol–water partition coefficient (Wildman–Crippen LogP) is 2.15. The standard InChI is InChI=1S/C23H27N3O5/c1-16-8-9-20(31-16)19(25-11-13-30-14-12-25)15-24-21(27)7-4-10-26-22(28)17-5-2-3-6-18(17)23(26)29/h2-3,5-6,8-9,19H,4,7,10-15H2,1H3,(H,24,27). The van der Waals surface area contributed by atoms with E-state index in [1.54, 1.807) is 24.3 Å². The molecule has 4 rings (SSSR count). The lowest BCUT2D eigenvalue weighted by Gasteiger charge is -2.33. The number of fused-ring (bicyclic) bond motifs is 1. The molecule has 0 aliphatic carbocycles. The summed E-state index contributed by atoms with van der Waals surface area (Å²) in [5.74, 6) is 0.965. The smallest absolute Gasteiger partial charge is 0.261 e. The summed E-state index contributed by atoms with van der Waals surface area (Å²) in [4.78, 5) is 40.7. The Kier molecular flexibility index (Phi) is 6.48. The molecule has 1 fully saturated rings. The van der Waals surface area contributed by atoms with Crippen molar-refractivity contribution < 1.29 is 23.5 Å². The second-order valence-corrected chi connectivity index (χ2v) is 7.83. The molecule has 1 aromatic carbocycles. The minimum absolute atomic E-state index is 0.0576. The largest absolute Gasteiger partial charge is 0.465 e. The van der Waals surface area contributed by atoms with Crippen LogP contribution in [0.2, 0.25) is 0 Å². The quantitative estimate of drug-likeness (QED) is 0.652. The summed E-state index contributed by atoms with van der Waals surface area (Å²) in [7, 11) is 0. The van der Waals surface area contributed by atoms with Gasteiger partial charge in [0.05, 0.1) is 30.4 Å². The summed E-state index contributed by atoms with van der Waals surface area (Å²) < 4.78 is 11.3. The average molecular weight is 425 g/mol. The highest BCUT2D eigenvalue weighted by molar-refractivity contribution is 6.21. The highest BCUT2D eigenvalue weighted by atomic mass is 16.5. The van der Waals surface area contributed by atoms with E-state index in [4.69, 9.17) is 9.15 Å². The van der Waals surface area contributed by atoms with Gasteiger partial charge in [-0.3, -0.25) is 24.2 Å². The van der Waals surface area contributed by atoms with E-state index in [0.717, 1.165) is 24.6 Å². The third-order valence-corrected chi connectivity index (χ3v) is 5.73. The summed E-state index contributed by atoms with van der Waals surface area (Å²) in [5.41, 5.74) is 0.859. The van der Waals surface area contributed by atoms with Gasteiger partial charge in [0.15, 0.2) is 0 Å². The summed E-state index contributed by atoms with van der Waals surface area (Å²) >= 11 is 0. The lowest BCUT2D eigenvalue weighted by molar-refractivity contribution is -0.121. The molecule has 164 valence electrons. The normalized spacial score (nSPS) is 17.6. The number of carbonyl (C=O) groups excluding carboxylic acids is 3. The summed E-state index contributed by atoms with van der Waals surface area (Å²) in [6, 6.07) is 10.6. The fourth-order valence-electron chi connectivity index (χ4n) is 4.07. The molecule has 8 nitrogen and oxygen atoms in total. The Balaban J connectivity index is 1.28. The van der Waals surface area contributed by atoms with Crippen LogP contribution in [0.4, 0.5) is 0 Å². The molecule has 1 atom stereocenters. The van der Waals surface area contributed by atoms with Crippen LogP contribution >= 0.6 is 0 Å². The second kappa shape index (κ2) is 9.45. The number of nitrogens with zero attached hydrogens (tertiary/aromatic N) is 2. The van der Waals surface area contributed by atoms with Gasteiger partial charge in [-0.15, -0.1) is 0 Å². The number of rotatable bonds is 8. The number of ether oxygens (including phenoxy) is 1. The predicted molar refractivity (Wildman–Crippen MR) is 113 cm³/mol. The minimum atomic E-state index is -0.290. The Labute approximate surface area is 181 Å². The molecule has 3 heterocycles. The van der Waals surface area contributed by atoms with Crippen molar-refractivity contribution in [1.29, 1.82) is 0 Å². The molecule has 2 aromatic rings. The highest BCUT2D eigenvalue weighted by Crippen LogP contribution is 2.24. The Bertz CT molecular complexity index is 929. The van der Waals surface area contributed by atoms with Crippen molar-refractivity contribution in [3.8, 4) is 0 Å². The number of aryl methyl sites for hydroxylation is 1. The van der Waals surface area contributed by atoms with E-state index in [1.807, 2.05) is 19.1 Å². The van der Waals surface area contributed by atoms with Crippen molar-refractivity contribution in [2.24, 2.45) is 0 Å². The highest BCUT2D eigenvalue weighted by Gasteiger charge is 2.34. The lowest BCUT2D eigenvalue weighted by Crippen LogP contribution is -2.43. The Hall–Kier alpha value is -2.97. The molecule has 1 unspecified atom stereocenters. The molecule has 2 aliphatic heterocycles. The maximum Gasteiger partial charge on any atom is 0.261 e. The first-order chi connectivity index (χ1) is 15.0. The van der Waals surface area contributed by atoms with E-state index in [1.165, 1.54) is 4.90 Å². The molecule has 0 spiro atoms. The fraction of sp³-hybridized carbons (Fsp3) is 0.435. The van der Waals surface area contributed by atoms with Crippen molar-refractivity contribution in [3.05, 3.63) is 59.0 Å². The monoisotopic (exact) mass is 425 g/mol. The fourth-order valence-corrected chi connectivity index (χ4v) is 4.07. The van der Waals surface area contributed by atoms with Gasteiger partial charge in [-0.05, 0) is 37.6 Å². The molecule has 0 radical (unpaired) electrons. The topological polar surface area (TPSA) is 92.1 Å². The van der Waals surface area contributed by atoms with Crippen LogP contribution in [0.5, 0.6) is 0 Å². The number of hydrogen-bond acceptors (Lipinski definition) is 6. The maximum absolute atomic E-state index is 12.4. The number of hydrogen-bond donors (Lipinski definition) is 1. The third-order valence-electron chi connectivity index (χ3n) is 5.73. The number of amides is 3. The SMILES string of the molecule is Cc1ccc(C(CNC(=O)CCCN2C(=O)c3ccccc3C2=O)N2CCOCC2)o1. The number of imide groups is 1. The van der Waals surface area contributed by atoms with E-state index in [-0.39, 0.29) is 36.7 Å². The van der Waals surface area contributed by atoms with Crippen LogP contribution in [-0.4, -0.2) is 66.9 Å². The number of benzene rings is 1. The number of carbonyl (C=O) groups is 3. The zero-order valence-corrected chi connectivity index (χ0v) is 17.6. The van der Waals surface area contributed by atoms with Crippen LogP contribution in [0.3, 0.4) is 0 Å². The van der Waals surface area contributed by atoms with Gasteiger partial charge >= 0.3 is 0 Å². The molecule has 0 saturated carbocycles. The molecular formula is C23H27N3O5. The Morgan fingerprint density at radius 1 is 1.06 bits per heavy atom. The summed E-state index contributed by atoms with van der Waals surface area (Å²) in [5, 5.41) is 2.98. The van der Waals surface area contributed by atoms with Crippen LogP contribution in [0.15, 0.2) is 40.8 Å². The van der Waals surface area contributed by atoms with Gasteiger partial charge in [0.1, 0.15) is 11.5 Å². The van der Waals surface area contributed by atoms with Gasteiger partial charge in [-0.25, -0.2) is 0 Å². The average Bonchev–Trinajstić information content (AvgIpc) is 3.32. The Morgan fingerprint density at radius 3 is 2.35 bits per heavy atom. The Morgan fingerprint density at radius 2 is 1.74 bits per heavy atom. The molecular weight excluding hydrogens is 398 g/mol. The third kappa shape index (κ3) is 4.70. The van der Waals surface area contributed by atoms with E-state index in [2.05, 4.69) is 10.2 Å². The van der Waals surface area contributed by atoms with Crippen molar-refractivity contribution in [2.45, 2.75) is 25.8 Å². The molecule has 2 aliphatic rings. The first-order valence-corrected chi connectivity index (χ1v) is 10.6.